The molecule has 0 unspecified atom stereocenters. The van der Waals surface area contributed by atoms with Crippen LogP contribution in [0.1, 0.15) is 46.5 Å². The number of rotatable bonds is 6. The topological polar surface area (TPSA) is 53.0 Å². The van der Waals surface area contributed by atoms with Crippen molar-refractivity contribution in [2.75, 3.05) is 32.7 Å². The predicted molar refractivity (Wildman–Crippen MR) is 86.7 cm³/mol. The average Bonchev–Trinajstić information content (AvgIpc) is 2.82. The Kier molecular flexibility index (Phi) is 6.66. The van der Waals surface area contributed by atoms with E-state index in [0.29, 0.717) is 25.4 Å². The number of hydrogen-bond acceptors (Lipinski definition) is 4. The lowest BCUT2D eigenvalue weighted by molar-refractivity contribution is -0.132. The van der Waals surface area contributed by atoms with Gasteiger partial charge in [0.05, 0.1) is 12.2 Å². The Morgan fingerprint density at radius 1 is 1.27 bits per heavy atom. The van der Waals surface area contributed by atoms with Crippen LogP contribution in [0.15, 0.2) is 0 Å². The van der Waals surface area contributed by atoms with Crippen molar-refractivity contribution in [2.24, 2.45) is 5.92 Å². The monoisotopic (exact) mass is 312 g/mol. The third kappa shape index (κ3) is 4.93. The Balaban J connectivity index is 1.74. The van der Waals surface area contributed by atoms with Gasteiger partial charge >= 0.3 is 0 Å². The van der Waals surface area contributed by atoms with Crippen molar-refractivity contribution in [2.45, 2.75) is 64.8 Å². The summed E-state index contributed by atoms with van der Waals surface area (Å²) in [5, 5.41) is 10.0. The van der Waals surface area contributed by atoms with Gasteiger partial charge in [-0.25, -0.2) is 0 Å². The number of aliphatic hydroxyl groups excluding tert-OH is 1. The van der Waals surface area contributed by atoms with Crippen molar-refractivity contribution >= 4 is 5.91 Å². The van der Waals surface area contributed by atoms with E-state index in [4.69, 9.17) is 4.74 Å². The number of amides is 1. The number of aliphatic hydroxyl groups is 1. The van der Waals surface area contributed by atoms with E-state index in [2.05, 4.69) is 11.8 Å². The third-order valence-corrected chi connectivity index (χ3v) is 4.75. The van der Waals surface area contributed by atoms with E-state index >= 15 is 0 Å². The van der Waals surface area contributed by atoms with Gasteiger partial charge in [-0.2, -0.15) is 0 Å². The van der Waals surface area contributed by atoms with Crippen LogP contribution in [0.5, 0.6) is 0 Å². The molecule has 0 aliphatic carbocycles. The molecule has 0 saturated carbocycles. The fourth-order valence-electron chi connectivity index (χ4n) is 3.55. The second kappa shape index (κ2) is 8.27. The first-order valence-corrected chi connectivity index (χ1v) is 8.83. The molecule has 0 aromatic carbocycles. The molecule has 1 N–H and O–H groups in total. The highest BCUT2D eigenvalue weighted by molar-refractivity contribution is 5.77. The van der Waals surface area contributed by atoms with Crippen LogP contribution in [-0.4, -0.2) is 71.8 Å². The number of likely N-dealkylation sites (tertiary alicyclic amines) is 2. The number of piperidine rings is 1. The van der Waals surface area contributed by atoms with Crippen molar-refractivity contribution in [3.05, 3.63) is 0 Å². The molecular weight excluding hydrogens is 280 g/mol. The van der Waals surface area contributed by atoms with Gasteiger partial charge in [-0.15, -0.1) is 0 Å². The molecule has 0 spiro atoms. The van der Waals surface area contributed by atoms with Crippen molar-refractivity contribution in [1.82, 2.24) is 9.80 Å². The van der Waals surface area contributed by atoms with Gasteiger partial charge < -0.3 is 19.6 Å². The Bertz CT molecular complexity index is 354. The molecule has 2 fully saturated rings. The van der Waals surface area contributed by atoms with Gasteiger partial charge in [0.25, 0.3) is 0 Å². The van der Waals surface area contributed by atoms with Gasteiger partial charge in [-0.05, 0) is 58.7 Å². The standard InChI is InChI=1S/C17H32N2O3/c1-4-7-18-8-5-14(6-9-18)10-17(21)19-11-15(20)16(12-19)22-13(2)3/h13-16,20H,4-12H2,1-3H3/t15-,16-/m0/s1. The molecule has 0 aromatic rings. The zero-order chi connectivity index (χ0) is 16.1. The van der Waals surface area contributed by atoms with Crippen molar-refractivity contribution < 1.29 is 14.6 Å². The van der Waals surface area contributed by atoms with Crippen LogP contribution in [0, 0.1) is 5.92 Å². The van der Waals surface area contributed by atoms with E-state index < -0.39 is 6.10 Å². The van der Waals surface area contributed by atoms with Gasteiger partial charge in [0.15, 0.2) is 0 Å². The summed E-state index contributed by atoms with van der Waals surface area (Å²) >= 11 is 0. The molecule has 2 saturated heterocycles. The van der Waals surface area contributed by atoms with Crippen molar-refractivity contribution in [3.63, 3.8) is 0 Å². The summed E-state index contributed by atoms with van der Waals surface area (Å²) in [5.74, 6) is 0.686. The largest absolute Gasteiger partial charge is 0.388 e. The molecule has 0 radical (unpaired) electrons. The fourth-order valence-corrected chi connectivity index (χ4v) is 3.55. The third-order valence-electron chi connectivity index (χ3n) is 4.75. The maximum Gasteiger partial charge on any atom is 0.223 e. The molecule has 1 amide bonds. The summed E-state index contributed by atoms with van der Waals surface area (Å²) in [4.78, 5) is 16.7. The smallest absolute Gasteiger partial charge is 0.223 e. The molecule has 0 aromatic heterocycles. The molecular formula is C17H32N2O3. The highest BCUT2D eigenvalue weighted by Gasteiger charge is 2.36. The van der Waals surface area contributed by atoms with E-state index in [1.54, 1.807) is 4.90 Å². The first-order chi connectivity index (χ1) is 10.5. The molecule has 0 bridgehead atoms. The minimum atomic E-state index is -0.544. The zero-order valence-corrected chi connectivity index (χ0v) is 14.3. The highest BCUT2D eigenvalue weighted by Crippen LogP contribution is 2.23. The summed E-state index contributed by atoms with van der Waals surface area (Å²) < 4.78 is 5.68. The van der Waals surface area contributed by atoms with Crippen LogP contribution in [0.25, 0.3) is 0 Å². The number of carbonyl (C=O) groups is 1. The van der Waals surface area contributed by atoms with Gasteiger partial charge in [0, 0.05) is 19.5 Å². The number of hydrogen-bond donors (Lipinski definition) is 1. The zero-order valence-electron chi connectivity index (χ0n) is 14.3. The van der Waals surface area contributed by atoms with Crippen LogP contribution < -0.4 is 0 Å². The van der Waals surface area contributed by atoms with Gasteiger partial charge in [0.2, 0.25) is 5.91 Å². The lowest BCUT2D eigenvalue weighted by Crippen LogP contribution is -2.37. The number of carbonyl (C=O) groups excluding carboxylic acids is 1. The van der Waals surface area contributed by atoms with Crippen LogP contribution in [0.2, 0.25) is 0 Å². The van der Waals surface area contributed by atoms with Gasteiger partial charge in [0.1, 0.15) is 6.10 Å². The van der Waals surface area contributed by atoms with Crippen LogP contribution in [0.3, 0.4) is 0 Å². The maximum atomic E-state index is 12.4. The molecule has 2 atom stereocenters. The first kappa shape index (κ1) is 17.7. The van der Waals surface area contributed by atoms with Crippen molar-refractivity contribution in [1.29, 1.82) is 0 Å². The second-order valence-corrected chi connectivity index (χ2v) is 7.08. The first-order valence-electron chi connectivity index (χ1n) is 8.83. The molecule has 2 heterocycles. The molecule has 128 valence electrons. The summed E-state index contributed by atoms with van der Waals surface area (Å²) in [6, 6.07) is 0. The van der Waals surface area contributed by atoms with Crippen LogP contribution >= 0.6 is 0 Å². The van der Waals surface area contributed by atoms with E-state index in [1.165, 1.54) is 13.0 Å². The lowest BCUT2D eigenvalue weighted by atomic mass is 9.93. The minimum Gasteiger partial charge on any atom is -0.388 e. The fraction of sp³-hybridized carbons (Fsp3) is 0.941. The molecule has 2 aliphatic heterocycles. The molecule has 22 heavy (non-hydrogen) atoms. The predicted octanol–water partition coefficient (Wildman–Crippen LogP) is 1.50. The highest BCUT2D eigenvalue weighted by atomic mass is 16.5. The van der Waals surface area contributed by atoms with E-state index in [9.17, 15) is 9.90 Å². The summed E-state index contributed by atoms with van der Waals surface area (Å²) in [7, 11) is 0. The van der Waals surface area contributed by atoms with Gasteiger partial charge in [-0.1, -0.05) is 6.92 Å². The SMILES string of the molecule is CCCN1CCC(CC(=O)N2C[C@H](OC(C)C)[C@@H](O)C2)CC1. The molecule has 2 rings (SSSR count). The summed E-state index contributed by atoms with van der Waals surface area (Å²) in [5.41, 5.74) is 0. The van der Waals surface area contributed by atoms with Gasteiger partial charge in [-0.3, -0.25) is 4.79 Å². The summed E-state index contributed by atoms with van der Waals surface area (Å²) in [6.07, 6.45) is 3.38. The Labute approximate surface area is 134 Å². The normalized spacial score (nSPS) is 27.8. The molecule has 2 aliphatic rings. The van der Waals surface area contributed by atoms with E-state index in [-0.39, 0.29) is 18.1 Å². The quantitative estimate of drug-likeness (QED) is 0.807. The Morgan fingerprint density at radius 3 is 2.55 bits per heavy atom. The lowest BCUT2D eigenvalue weighted by Gasteiger charge is -2.32. The van der Waals surface area contributed by atoms with Crippen LogP contribution in [-0.2, 0) is 9.53 Å². The average molecular weight is 312 g/mol. The molecule has 5 heteroatoms. The number of β-amino-alcohol motifs (C(OH)–C–C–N with tert-alkyl or cyclic N) is 1. The van der Waals surface area contributed by atoms with Crippen LogP contribution in [0.4, 0.5) is 0 Å². The van der Waals surface area contributed by atoms with Crippen molar-refractivity contribution in [3.8, 4) is 0 Å². The van der Waals surface area contributed by atoms with E-state index in [1.807, 2.05) is 13.8 Å². The maximum absolute atomic E-state index is 12.4. The summed E-state index contributed by atoms with van der Waals surface area (Å²) in [6.45, 7) is 10.5. The number of ether oxygens (including phenoxy) is 1. The minimum absolute atomic E-state index is 0.0811. The Morgan fingerprint density at radius 2 is 1.95 bits per heavy atom. The number of nitrogens with zero attached hydrogens (tertiary/aromatic N) is 2. The molecule has 5 nitrogen and oxygen atoms in total. The second-order valence-electron chi connectivity index (χ2n) is 7.08. The van der Waals surface area contributed by atoms with E-state index in [0.717, 1.165) is 25.9 Å². The Hall–Kier alpha value is -0.650.